The molecule has 0 fully saturated rings. The summed E-state index contributed by atoms with van der Waals surface area (Å²) in [5.41, 5.74) is 3.34. The van der Waals surface area contributed by atoms with Gasteiger partial charge in [0.1, 0.15) is 6.33 Å². The second kappa shape index (κ2) is 5.39. The molecule has 0 N–H and O–H groups in total. The van der Waals surface area contributed by atoms with Crippen LogP contribution in [0.5, 0.6) is 0 Å². The molecule has 0 bridgehead atoms. The number of aromatic nitrogens is 6. The van der Waals surface area contributed by atoms with E-state index in [2.05, 4.69) is 20.3 Å². The maximum absolute atomic E-state index is 5.96. The van der Waals surface area contributed by atoms with Crippen molar-refractivity contribution < 1.29 is 0 Å². The summed E-state index contributed by atoms with van der Waals surface area (Å²) in [5.74, 6) is 0.716. The number of rotatable bonds is 2. The van der Waals surface area contributed by atoms with Crippen LogP contribution in [0.4, 0.5) is 0 Å². The number of hydrogen-bond donors (Lipinski definition) is 0. The zero-order valence-electron chi connectivity index (χ0n) is 12.9. The monoisotopic (exact) mass is 346 g/mol. The fraction of sp³-hybridized carbons (Fsp3) is 0. The minimum absolute atomic E-state index is 0.683. The van der Waals surface area contributed by atoms with Crippen LogP contribution in [0.3, 0.4) is 0 Å². The molecule has 0 aliphatic heterocycles. The number of fused-ring (bicyclic) bond motifs is 3. The molecule has 2 aromatic carbocycles. The third-order valence-electron chi connectivity index (χ3n) is 4.08. The van der Waals surface area contributed by atoms with Gasteiger partial charge in [-0.1, -0.05) is 29.8 Å². The van der Waals surface area contributed by atoms with Gasteiger partial charge in [-0.2, -0.15) is 5.10 Å². The Morgan fingerprint density at radius 1 is 0.840 bits per heavy atom. The fourth-order valence-corrected chi connectivity index (χ4v) is 3.00. The first-order chi connectivity index (χ1) is 12.3. The maximum atomic E-state index is 5.96. The van der Waals surface area contributed by atoms with Crippen molar-refractivity contribution in [2.24, 2.45) is 0 Å². The van der Waals surface area contributed by atoms with Crippen molar-refractivity contribution in [3.05, 3.63) is 72.1 Å². The lowest BCUT2D eigenvalue weighted by molar-refractivity contribution is 0.893. The Bertz CT molecular complexity index is 1190. The summed E-state index contributed by atoms with van der Waals surface area (Å²) in [6.07, 6.45) is 3.49. The van der Waals surface area contributed by atoms with Gasteiger partial charge in [-0.25, -0.2) is 9.67 Å². The largest absolute Gasteiger partial charge is 0.265 e. The standard InChI is InChI=1S/C18H11ClN6/c19-13-8-6-12(7-9-13)16-22-23-18-15-10-21-25(14-4-2-1-3-5-14)17(15)20-11-24(16)18/h1-11H. The summed E-state index contributed by atoms with van der Waals surface area (Å²) in [6.45, 7) is 0. The molecule has 0 aliphatic rings. The lowest BCUT2D eigenvalue weighted by Crippen LogP contribution is -1.98. The van der Waals surface area contributed by atoms with E-state index >= 15 is 0 Å². The van der Waals surface area contributed by atoms with E-state index in [4.69, 9.17) is 11.6 Å². The van der Waals surface area contributed by atoms with Gasteiger partial charge >= 0.3 is 0 Å². The van der Waals surface area contributed by atoms with Crippen LogP contribution in [0.2, 0.25) is 5.02 Å². The summed E-state index contributed by atoms with van der Waals surface area (Å²) in [6, 6.07) is 17.4. The molecule has 0 aliphatic carbocycles. The van der Waals surface area contributed by atoms with Crippen molar-refractivity contribution in [1.82, 2.24) is 29.4 Å². The number of para-hydroxylation sites is 1. The average Bonchev–Trinajstić information content (AvgIpc) is 3.27. The average molecular weight is 347 g/mol. The quantitative estimate of drug-likeness (QED) is 0.488. The summed E-state index contributed by atoms with van der Waals surface area (Å²) >= 11 is 5.96. The van der Waals surface area contributed by atoms with Gasteiger partial charge < -0.3 is 0 Å². The predicted molar refractivity (Wildman–Crippen MR) is 95.9 cm³/mol. The molecule has 3 heterocycles. The molecule has 0 amide bonds. The van der Waals surface area contributed by atoms with E-state index < -0.39 is 0 Å². The normalized spacial score (nSPS) is 11.4. The minimum atomic E-state index is 0.683. The van der Waals surface area contributed by atoms with Crippen LogP contribution in [0, 0.1) is 0 Å². The first kappa shape index (κ1) is 14.1. The van der Waals surface area contributed by atoms with Gasteiger partial charge in [-0.05, 0) is 36.4 Å². The van der Waals surface area contributed by atoms with Gasteiger partial charge in [-0.15, -0.1) is 10.2 Å². The highest BCUT2D eigenvalue weighted by atomic mass is 35.5. The number of benzene rings is 2. The second-order valence-electron chi connectivity index (χ2n) is 5.60. The molecule has 0 atom stereocenters. The Balaban J connectivity index is 1.73. The van der Waals surface area contributed by atoms with E-state index in [1.807, 2.05) is 59.0 Å². The van der Waals surface area contributed by atoms with Crippen LogP contribution in [0.15, 0.2) is 67.1 Å². The minimum Gasteiger partial charge on any atom is -0.265 e. The van der Waals surface area contributed by atoms with E-state index in [1.165, 1.54) is 0 Å². The van der Waals surface area contributed by atoms with Crippen LogP contribution >= 0.6 is 11.6 Å². The van der Waals surface area contributed by atoms with Crippen molar-refractivity contribution in [2.75, 3.05) is 0 Å². The van der Waals surface area contributed by atoms with E-state index in [9.17, 15) is 0 Å². The Hall–Kier alpha value is -3.25. The SMILES string of the molecule is Clc1ccc(-c2nnc3c4cnn(-c5ccccc5)c4ncn23)cc1. The van der Waals surface area contributed by atoms with Gasteiger partial charge in [0, 0.05) is 10.6 Å². The van der Waals surface area contributed by atoms with Crippen LogP contribution in [0.1, 0.15) is 0 Å². The van der Waals surface area contributed by atoms with Crippen molar-refractivity contribution in [3.63, 3.8) is 0 Å². The lowest BCUT2D eigenvalue weighted by Gasteiger charge is -2.03. The molecular weight excluding hydrogens is 336 g/mol. The zero-order valence-corrected chi connectivity index (χ0v) is 13.7. The lowest BCUT2D eigenvalue weighted by atomic mass is 10.2. The molecule has 0 saturated heterocycles. The Kier molecular flexibility index (Phi) is 3.05. The maximum Gasteiger partial charge on any atom is 0.175 e. The molecule has 7 heteroatoms. The van der Waals surface area contributed by atoms with Gasteiger partial charge in [0.2, 0.25) is 0 Å². The number of halogens is 1. The Labute approximate surface area is 147 Å². The van der Waals surface area contributed by atoms with E-state index in [0.29, 0.717) is 10.8 Å². The molecule has 5 rings (SSSR count). The fourth-order valence-electron chi connectivity index (χ4n) is 2.87. The third-order valence-corrected chi connectivity index (χ3v) is 4.33. The Morgan fingerprint density at radius 3 is 2.44 bits per heavy atom. The molecule has 3 aromatic heterocycles. The van der Waals surface area contributed by atoms with Crippen LogP contribution < -0.4 is 0 Å². The predicted octanol–water partition coefficient (Wildman–Crippen LogP) is 3.78. The van der Waals surface area contributed by atoms with Crippen LogP contribution in [-0.2, 0) is 0 Å². The topological polar surface area (TPSA) is 60.9 Å². The van der Waals surface area contributed by atoms with Gasteiger partial charge in [0.15, 0.2) is 17.1 Å². The molecule has 6 nitrogen and oxygen atoms in total. The molecular formula is C18H11ClN6. The van der Waals surface area contributed by atoms with Gasteiger partial charge in [-0.3, -0.25) is 4.40 Å². The first-order valence-corrected chi connectivity index (χ1v) is 8.08. The van der Waals surface area contributed by atoms with Crippen molar-refractivity contribution in [1.29, 1.82) is 0 Å². The second-order valence-corrected chi connectivity index (χ2v) is 6.03. The highest BCUT2D eigenvalue weighted by Crippen LogP contribution is 2.24. The van der Waals surface area contributed by atoms with Gasteiger partial charge in [0.25, 0.3) is 0 Å². The highest BCUT2D eigenvalue weighted by Gasteiger charge is 2.15. The molecule has 0 saturated carbocycles. The van der Waals surface area contributed by atoms with E-state index in [-0.39, 0.29) is 0 Å². The van der Waals surface area contributed by atoms with Crippen LogP contribution in [-0.4, -0.2) is 29.4 Å². The Morgan fingerprint density at radius 2 is 1.64 bits per heavy atom. The van der Waals surface area contributed by atoms with Crippen LogP contribution in [0.25, 0.3) is 33.8 Å². The molecule has 120 valence electrons. The number of nitrogens with zero attached hydrogens (tertiary/aromatic N) is 6. The summed E-state index contributed by atoms with van der Waals surface area (Å²) in [7, 11) is 0. The molecule has 0 unspecified atom stereocenters. The smallest absolute Gasteiger partial charge is 0.175 e. The van der Waals surface area contributed by atoms with E-state index in [1.54, 1.807) is 17.2 Å². The molecule has 25 heavy (non-hydrogen) atoms. The van der Waals surface area contributed by atoms with Gasteiger partial charge in [0.05, 0.1) is 17.3 Å². The number of hydrogen-bond acceptors (Lipinski definition) is 4. The molecule has 0 spiro atoms. The van der Waals surface area contributed by atoms with Crippen molar-refractivity contribution in [2.45, 2.75) is 0 Å². The summed E-state index contributed by atoms with van der Waals surface area (Å²) in [5, 5.41) is 14.7. The highest BCUT2D eigenvalue weighted by molar-refractivity contribution is 6.30. The summed E-state index contributed by atoms with van der Waals surface area (Å²) in [4.78, 5) is 4.58. The molecule has 0 radical (unpaired) electrons. The first-order valence-electron chi connectivity index (χ1n) is 7.70. The third kappa shape index (κ3) is 2.19. The van der Waals surface area contributed by atoms with E-state index in [0.717, 1.165) is 27.9 Å². The van der Waals surface area contributed by atoms with Crippen molar-refractivity contribution >= 4 is 28.3 Å². The van der Waals surface area contributed by atoms with Crippen molar-refractivity contribution in [3.8, 4) is 17.1 Å². The summed E-state index contributed by atoms with van der Waals surface area (Å²) < 4.78 is 3.66. The zero-order chi connectivity index (χ0) is 16.8. The molecule has 5 aromatic rings.